The first-order valence-electron chi connectivity index (χ1n) is 23.6. The average molecular weight is 961 g/mol. The van der Waals surface area contributed by atoms with Crippen LogP contribution in [0.25, 0.3) is 0 Å². The summed E-state index contributed by atoms with van der Waals surface area (Å²) in [6, 6.07) is 15.4. The summed E-state index contributed by atoms with van der Waals surface area (Å²) in [7, 11) is 0. The lowest BCUT2D eigenvalue weighted by Gasteiger charge is -2.26. The van der Waals surface area contributed by atoms with Gasteiger partial charge in [-0.05, 0) is 44.5 Å². The minimum absolute atomic E-state index is 0.0815. The molecule has 68 heavy (non-hydrogen) atoms. The number of hydrogen-bond acceptors (Lipinski definition) is 16. The number of nitrogens with one attached hydrogen (secondary N) is 1. The van der Waals surface area contributed by atoms with E-state index in [4.69, 9.17) is 61.6 Å². The molecule has 1 N–H and O–H groups in total. The van der Waals surface area contributed by atoms with Crippen molar-refractivity contribution in [2.75, 3.05) is 170 Å². The maximum absolute atomic E-state index is 13.3. The summed E-state index contributed by atoms with van der Waals surface area (Å²) in [5.74, 6) is 5.79. The van der Waals surface area contributed by atoms with Crippen LogP contribution in [-0.2, 0) is 82.5 Å². The Hall–Kier alpha value is -4.07. The number of fused-ring (bicyclic) bond motifs is 2. The molecule has 3 rings (SSSR count). The standard InChI is InChI=1S/C50H76N2O16/c1-50(2,3)68-49(55)16-18-56-20-22-58-24-26-60-28-30-62-32-34-64-36-38-66-40-41-67-39-37-65-35-33-63-31-29-61-27-25-59-23-21-57-19-17-51-47(53)14-15-48(54)52-42-45-10-5-4-8-43(45)12-13-44-9-6-7-11-46(44)52/h4-11H,14-42H2,1-3H3,(H,51,53). The quantitative estimate of drug-likeness (QED) is 0.0576. The fourth-order valence-corrected chi connectivity index (χ4v) is 5.98. The summed E-state index contributed by atoms with van der Waals surface area (Å²) in [6.07, 6.45) is 0.387. The highest BCUT2D eigenvalue weighted by Gasteiger charge is 2.22. The van der Waals surface area contributed by atoms with E-state index >= 15 is 0 Å². The molecule has 0 aromatic heterocycles. The molecule has 2 amide bonds. The smallest absolute Gasteiger partial charge is 0.308 e. The third kappa shape index (κ3) is 30.4. The van der Waals surface area contributed by atoms with Gasteiger partial charge in [0, 0.05) is 30.5 Å². The molecule has 2 aromatic carbocycles. The van der Waals surface area contributed by atoms with Crippen LogP contribution in [0.15, 0.2) is 48.5 Å². The van der Waals surface area contributed by atoms with Gasteiger partial charge in [0.05, 0.1) is 177 Å². The van der Waals surface area contributed by atoms with Gasteiger partial charge in [0.2, 0.25) is 11.8 Å². The number of carbonyl (C=O) groups is 3. The topological polar surface area (TPSA) is 186 Å². The van der Waals surface area contributed by atoms with Gasteiger partial charge in [-0.2, -0.15) is 0 Å². The highest BCUT2D eigenvalue weighted by molar-refractivity contribution is 5.96. The van der Waals surface area contributed by atoms with E-state index in [1.165, 1.54) is 0 Å². The fourth-order valence-electron chi connectivity index (χ4n) is 5.98. The molecule has 0 radical (unpaired) electrons. The number of amides is 2. The van der Waals surface area contributed by atoms with E-state index in [-0.39, 0.29) is 37.0 Å². The molecule has 0 unspecified atom stereocenters. The number of hydrogen-bond donors (Lipinski definition) is 1. The molecule has 0 saturated carbocycles. The number of carbonyl (C=O) groups excluding carboxylic acids is 3. The highest BCUT2D eigenvalue weighted by atomic mass is 16.6. The Labute approximate surface area is 403 Å². The zero-order chi connectivity index (χ0) is 48.6. The Morgan fingerprint density at radius 2 is 0.838 bits per heavy atom. The Morgan fingerprint density at radius 3 is 1.28 bits per heavy atom. The van der Waals surface area contributed by atoms with Crippen LogP contribution >= 0.6 is 0 Å². The number of esters is 1. The molecule has 0 spiro atoms. The molecular weight excluding hydrogens is 885 g/mol. The van der Waals surface area contributed by atoms with Crippen LogP contribution in [-0.4, -0.2) is 188 Å². The molecule has 2 aromatic rings. The van der Waals surface area contributed by atoms with Crippen molar-refractivity contribution in [1.82, 2.24) is 5.32 Å². The van der Waals surface area contributed by atoms with Gasteiger partial charge < -0.3 is 71.8 Å². The fraction of sp³-hybridized carbons (Fsp3) is 0.660. The van der Waals surface area contributed by atoms with Crippen LogP contribution < -0.4 is 10.2 Å². The second-order valence-electron chi connectivity index (χ2n) is 15.9. The molecular formula is C50H76N2O16. The summed E-state index contributed by atoms with van der Waals surface area (Å²) >= 11 is 0. The van der Waals surface area contributed by atoms with Crippen molar-refractivity contribution in [2.24, 2.45) is 0 Å². The molecule has 0 fully saturated rings. The molecule has 0 saturated heterocycles. The van der Waals surface area contributed by atoms with Crippen LogP contribution in [0.3, 0.4) is 0 Å². The van der Waals surface area contributed by atoms with E-state index in [0.29, 0.717) is 172 Å². The monoisotopic (exact) mass is 961 g/mol. The van der Waals surface area contributed by atoms with E-state index in [1.807, 2.05) is 69.3 Å². The van der Waals surface area contributed by atoms with Crippen LogP contribution in [0.4, 0.5) is 5.69 Å². The van der Waals surface area contributed by atoms with Gasteiger partial charge in [-0.1, -0.05) is 42.2 Å². The van der Waals surface area contributed by atoms with Crippen molar-refractivity contribution < 1.29 is 76.0 Å². The summed E-state index contributed by atoms with van der Waals surface area (Å²) in [5, 5.41) is 2.82. The molecule has 0 atom stereocenters. The summed E-state index contributed by atoms with van der Waals surface area (Å²) < 4.78 is 71.1. The number of ether oxygens (including phenoxy) is 13. The number of benzene rings is 2. The van der Waals surface area contributed by atoms with E-state index in [0.717, 1.165) is 22.4 Å². The SMILES string of the molecule is CC(C)(C)OC(=O)CCOCCOCCOCCOCCOCCOCCOCCOCCOCCOCCOCCOCCNC(=O)CCC(=O)N1Cc2ccccc2C#Cc2ccccc21. The van der Waals surface area contributed by atoms with Gasteiger partial charge >= 0.3 is 5.97 Å². The predicted octanol–water partition coefficient (Wildman–Crippen LogP) is 3.76. The number of nitrogens with zero attached hydrogens (tertiary/aromatic N) is 1. The van der Waals surface area contributed by atoms with Crippen molar-refractivity contribution in [3.63, 3.8) is 0 Å². The minimum atomic E-state index is -0.484. The lowest BCUT2D eigenvalue weighted by atomic mass is 10.0. The Balaban J connectivity index is 0.952. The Kier molecular flexibility index (Phi) is 33.2. The van der Waals surface area contributed by atoms with Crippen LogP contribution in [0.2, 0.25) is 0 Å². The van der Waals surface area contributed by atoms with Crippen molar-refractivity contribution >= 4 is 23.5 Å². The van der Waals surface area contributed by atoms with Gasteiger partial charge in [0.15, 0.2) is 0 Å². The molecule has 18 nitrogen and oxygen atoms in total. The molecule has 1 aliphatic rings. The van der Waals surface area contributed by atoms with Crippen molar-refractivity contribution in [3.05, 3.63) is 65.2 Å². The van der Waals surface area contributed by atoms with E-state index < -0.39 is 5.60 Å². The largest absolute Gasteiger partial charge is 0.460 e. The van der Waals surface area contributed by atoms with Crippen molar-refractivity contribution in [2.45, 2.75) is 52.2 Å². The molecule has 0 bridgehead atoms. The molecule has 1 heterocycles. The highest BCUT2D eigenvalue weighted by Crippen LogP contribution is 2.26. The first kappa shape index (κ1) is 58.2. The molecule has 1 aliphatic heterocycles. The van der Waals surface area contributed by atoms with Gasteiger partial charge in [0.25, 0.3) is 0 Å². The maximum Gasteiger partial charge on any atom is 0.308 e. The first-order valence-corrected chi connectivity index (χ1v) is 23.6. The lowest BCUT2D eigenvalue weighted by Crippen LogP contribution is -2.34. The van der Waals surface area contributed by atoms with Gasteiger partial charge in [-0.25, -0.2) is 0 Å². The molecule has 382 valence electrons. The third-order valence-corrected chi connectivity index (χ3v) is 9.27. The van der Waals surface area contributed by atoms with Gasteiger partial charge in [-0.3, -0.25) is 14.4 Å². The number of para-hydroxylation sites is 1. The second-order valence-corrected chi connectivity index (χ2v) is 15.9. The van der Waals surface area contributed by atoms with E-state index in [2.05, 4.69) is 17.2 Å². The average Bonchev–Trinajstić information content (AvgIpc) is 3.31. The number of anilines is 1. The zero-order valence-electron chi connectivity index (χ0n) is 40.6. The zero-order valence-corrected chi connectivity index (χ0v) is 40.6. The normalized spacial score (nSPS) is 12.1. The van der Waals surface area contributed by atoms with Crippen molar-refractivity contribution in [1.29, 1.82) is 0 Å². The predicted molar refractivity (Wildman–Crippen MR) is 253 cm³/mol. The summed E-state index contributed by atoms with van der Waals surface area (Å²) in [4.78, 5) is 39.1. The summed E-state index contributed by atoms with van der Waals surface area (Å²) in [5.41, 5.74) is 2.91. The first-order chi connectivity index (χ1) is 33.2. The maximum atomic E-state index is 13.3. The minimum Gasteiger partial charge on any atom is -0.460 e. The Bertz CT molecular complexity index is 1700. The van der Waals surface area contributed by atoms with E-state index in [9.17, 15) is 14.4 Å². The van der Waals surface area contributed by atoms with Crippen LogP contribution in [0.5, 0.6) is 0 Å². The molecule has 0 aliphatic carbocycles. The Morgan fingerprint density at radius 1 is 0.471 bits per heavy atom. The van der Waals surface area contributed by atoms with Gasteiger partial charge in [0.1, 0.15) is 5.60 Å². The second kappa shape index (κ2) is 38.7. The summed E-state index contributed by atoms with van der Waals surface area (Å²) in [6.45, 7) is 16.9. The van der Waals surface area contributed by atoms with Crippen LogP contribution in [0.1, 0.15) is 56.7 Å². The third-order valence-electron chi connectivity index (χ3n) is 9.27. The van der Waals surface area contributed by atoms with Crippen LogP contribution in [0, 0.1) is 11.8 Å². The number of rotatable bonds is 42. The van der Waals surface area contributed by atoms with Gasteiger partial charge in [-0.15, -0.1) is 0 Å². The van der Waals surface area contributed by atoms with E-state index in [1.54, 1.807) is 4.90 Å². The molecule has 18 heteroatoms. The lowest BCUT2D eigenvalue weighted by molar-refractivity contribution is -0.156. The van der Waals surface area contributed by atoms with Crippen molar-refractivity contribution in [3.8, 4) is 11.8 Å².